The van der Waals surface area contributed by atoms with Crippen LogP contribution in [-0.4, -0.2) is 20.9 Å². The van der Waals surface area contributed by atoms with Gasteiger partial charge in [0, 0.05) is 24.8 Å². The summed E-state index contributed by atoms with van der Waals surface area (Å²) in [7, 11) is 0. The number of hydrogen-bond acceptors (Lipinski definition) is 6. The number of amides is 1. The van der Waals surface area contributed by atoms with Crippen molar-refractivity contribution in [2.45, 2.75) is 13.0 Å². The van der Waals surface area contributed by atoms with Crippen molar-refractivity contribution in [1.29, 1.82) is 0 Å². The summed E-state index contributed by atoms with van der Waals surface area (Å²) in [6.07, 6.45) is 2.84. The third-order valence-corrected chi connectivity index (χ3v) is 3.56. The van der Waals surface area contributed by atoms with E-state index in [4.69, 9.17) is 4.42 Å². The minimum absolute atomic E-state index is 0.0867. The first kappa shape index (κ1) is 15.5. The summed E-state index contributed by atoms with van der Waals surface area (Å²) < 4.78 is 5.30. The average Bonchev–Trinajstić information content (AvgIpc) is 3.07. The fourth-order valence-corrected chi connectivity index (χ4v) is 2.56. The third kappa shape index (κ3) is 2.65. The highest BCUT2D eigenvalue weighted by Gasteiger charge is 2.27. The number of non-ortho nitro benzene ring substituents is 1. The lowest BCUT2D eigenvalue weighted by Gasteiger charge is -2.18. The predicted molar refractivity (Wildman–Crippen MR) is 84.4 cm³/mol. The number of rotatable bonds is 4. The van der Waals surface area contributed by atoms with Gasteiger partial charge in [-0.05, 0) is 24.3 Å². The van der Waals surface area contributed by atoms with E-state index in [1.807, 2.05) is 0 Å². The standard InChI is InChI=1S/C16H13N3O5/c1-9(20)18-14(13-5-3-7-24-13)11-8-12(19(22)23)10-4-2-6-17-15(10)16(11)21/h2-8,14,21H,1H3,(H,18,20). The van der Waals surface area contributed by atoms with Crippen molar-refractivity contribution in [2.24, 2.45) is 0 Å². The van der Waals surface area contributed by atoms with Gasteiger partial charge < -0.3 is 14.8 Å². The van der Waals surface area contributed by atoms with Crippen LogP contribution in [0.3, 0.4) is 0 Å². The molecule has 122 valence electrons. The molecular formula is C16H13N3O5. The molecule has 0 saturated heterocycles. The number of fused-ring (bicyclic) bond motifs is 1. The number of furan rings is 1. The van der Waals surface area contributed by atoms with E-state index < -0.39 is 11.0 Å². The molecule has 1 aromatic carbocycles. The zero-order chi connectivity index (χ0) is 17.3. The van der Waals surface area contributed by atoms with Crippen molar-refractivity contribution in [1.82, 2.24) is 10.3 Å². The number of aromatic hydroxyl groups is 1. The minimum Gasteiger partial charge on any atom is -0.505 e. The second kappa shape index (κ2) is 5.99. The third-order valence-electron chi connectivity index (χ3n) is 3.56. The fourth-order valence-electron chi connectivity index (χ4n) is 2.56. The quantitative estimate of drug-likeness (QED) is 0.561. The lowest BCUT2D eigenvalue weighted by Crippen LogP contribution is -2.26. The maximum Gasteiger partial charge on any atom is 0.279 e. The normalized spacial score (nSPS) is 12.0. The topological polar surface area (TPSA) is 118 Å². The smallest absolute Gasteiger partial charge is 0.279 e. The summed E-state index contributed by atoms with van der Waals surface area (Å²) in [4.78, 5) is 26.4. The van der Waals surface area contributed by atoms with Crippen LogP contribution in [0.1, 0.15) is 24.3 Å². The molecule has 0 aliphatic carbocycles. The van der Waals surface area contributed by atoms with Gasteiger partial charge in [-0.3, -0.25) is 19.9 Å². The lowest BCUT2D eigenvalue weighted by molar-refractivity contribution is -0.383. The number of benzene rings is 1. The molecule has 0 saturated carbocycles. The SMILES string of the molecule is CC(=O)NC(c1ccco1)c1cc([N+](=O)[O-])c2cccnc2c1O. The van der Waals surface area contributed by atoms with Crippen LogP contribution in [0.5, 0.6) is 5.75 Å². The Morgan fingerprint density at radius 3 is 2.83 bits per heavy atom. The van der Waals surface area contributed by atoms with Gasteiger partial charge in [0.1, 0.15) is 23.1 Å². The molecule has 1 unspecified atom stereocenters. The molecule has 2 aromatic heterocycles. The molecule has 1 atom stereocenters. The van der Waals surface area contributed by atoms with Crippen LogP contribution in [-0.2, 0) is 4.79 Å². The van der Waals surface area contributed by atoms with Gasteiger partial charge in [0.2, 0.25) is 5.91 Å². The number of pyridine rings is 1. The summed E-state index contributed by atoms with van der Waals surface area (Å²) in [6.45, 7) is 1.31. The summed E-state index contributed by atoms with van der Waals surface area (Å²) >= 11 is 0. The van der Waals surface area contributed by atoms with E-state index in [2.05, 4.69) is 10.3 Å². The average molecular weight is 327 g/mol. The number of nitrogens with one attached hydrogen (secondary N) is 1. The van der Waals surface area contributed by atoms with Gasteiger partial charge in [-0.15, -0.1) is 0 Å². The van der Waals surface area contributed by atoms with Crippen LogP contribution in [0.4, 0.5) is 5.69 Å². The van der Waals surface area contributed by atoms with E-state index in [0.29, 0.717) is 5.76 Å². The number of phenols is 1. The first-order valence-corrected chi connectivity index (χ1v) is 7.04. The monoisotopic (exact) mass is 327 g/mol. The van der Waals surface area contributed by atoms with Crippen LogP contribution in [0, 0.1) is 10.1 Å². The Labute approximate surface area is 135 Å². The number of phenolic OH excluding ortho intramolecular Hbond substituents is 1. The molecule has 0 bridgehead atoms. The van der Waals surface area contributed by atoms with Crippen molar-refractivity contribution in [3.05, 3.63) is 64.2 Å². The Bertz CT molecular complexity index is 921. The highest BCUT2D eigenvalue weighted by Crippen LogP contribution is 2.39. The highest BCUT2D eigenvalue weighted by molar-refractivity contribution is 5.93. The molecule has 3 rings (SSSR count). The lowest BCUT2D eigenvalue weighted by atomic mass is 9.99. The molecule has 2 heterocycles. The molecule has 24 heavy (non-hydrogen) atoms. The maximum atomic E-state index is 11.5. The van der Waals surface area contributed by atoms with Crippen molar-refractivity contribution < 1.29 is 19.2 Å². The molecular weight excluding hydrogens is 314 g/mol. The van der Waals surface area contributed by atoms with Crippen molar-refractivity contribution >= 4 is 22.5 Å². The number of nitro benzene ring substituents is 1. The summed E-state index contributed by atoms with van der Waals surface area (Å²) in [6, 6.07) is 6.63. The number of nitrogens with zero attached hydrogens (tertiary/aromatic N) is 2. The van der Waals surface area contributed by atoms with Gasteiger partial charge >= 0.3 is 0 Å². The predicted octanol–water partition coefficient (Wildman–Crippen LogP) is 2.67. The second-order valence-corrected chi connectivity index (χ2v) is 5.14. The van der Waals surface area contributed by atoms with Gasteiger partial charge in [-0.25, -0.2) is 0 Å². The number of hydrogen-bond donors (Lipinski definition) is 2. The van der Waals surface area contributed by atoms with Crippen molar-refractivity contribution in [3.63, 3.8) is 0 Å². The fraction of sp³-hybridized carbons (Fsp3) is 0.125. The number of aromatic nitrogens is 1. The minimum atomic E-state index is -0.873. The highest BCUT2D eigenvalue weighted by atomic mass is 16.6. The molecule has 1 amide bonds. The number of nitro groups is 1. The molecule has 0 aliphatic heterocycles. The molecule has 8 nitrogen and oxygen atoms in total. The van der Waals surface area contributed by atoms with E-state index in [1.165, 1.54) is 31.5 Å². The van der Waals surface area contributed by atoms with Crippen LogP contribution in [0.25, 0.3) is 10.9 Å². The van der Waals surface area contributed by atoms with E-state index in [1.54, 1.807) is 18.2 Å². The maximum absolute atomic E-state index is 11.5. The Kier molecular flexibility index (Phi) is 3.87. The molecule has 0 spiro atoms. The first-order chi connectivity index (χ1) is 11.5. The molecule has 0 radical (unpaired) electrons. The Morgan fingerprint density at radius 1 is 1.42 bits per heavy atom. The Balaban J connectivity index is 2.29. The summed E-state index contributed by atoms with van der Waals surface area (Å²) in [5.41, 5.74) is 0.00877. The Morgan fingerprint density at radius 2 is 2.21 bits per heavy atom. The first-order valence-electron chi connectivity index (χ1n) is 7.04. The molecule has 0 fully saturated rings. The number of carbonyl (C=O) groups excluding carboxylic acids is 1. The van der Waals surface area contributed by atoms with E-state index in [0.717, 1.165) is 0 Å². The van der Waals surface area contributed by atoms with Crippen molar-refractivity contribution in [2.75, 3.05) is 0 Å². The van der Waals surface area contributed by atoms with Gasteiger partial charge in [-0.1, -0.05) is 0 Å². The van der Waals surface area contributed by atoms with E-state index in [-0.39, 0.29) is 33.8 Å². The molecule has 0 aliphatic rings. The van der Waals surface area contributed by atoms with E-state index >= 15 is 0 Å². The molecule has 3 aromatic rings. The largest absolute Gasteiger partial charge is 0.505 e. The van der Waals surface area contributed by atoms with Crippen LogP contribution < -0.4 is 5.32 Å². The van der Waals surface area contributed by atoms with Gasteiger partial charge in [0.25, 0.3) is 5.69 Å². The molecule has 8 heteroatoms. The number of carbonyl (C=O) groups is 1. The Hall–Kier alpha value is -3.42. The van der Waals surface area contributed by atoms with E-state index in [9.17, 15) is 20.0 Å². The zero-order valence-corrected chi connectivity index (χ0v) is 12.6. The second-order valence-electron chi connectivity index (χ2n) is 5.14. The van der Waals surface area contributed by atoms with Gasteiger partial charge in [0.15, 0.2) is 0 Å². The van der Waals surface area contributed by atoms with Crippen molar-refractivity contribution in [3.8, 4) is 5.75 Å². The summed E-state index contributed by atoms with van der Waals surface area (Å²) in [5, 5.41) is 24.8. The zero-order valence-electron chi connectivity index (χ0n) is 12.6. The van der Waals surface area contributed by atoms with Crippen LogP contribution in [0.15, 0.2) is 47.2 Å². The molecule has 2 N–H and O–H groups in total. The van der Waals surface area contributed by atoms with Crippen LogP contribution >= 0.6 is 0 Å². The van der Waals surface area contributed by atoms with Gasteiger partial charge in [0.05, 0.1) is 16.6 Å². The summed E-state index contributed by atoms with van der Waals surface area (Å²) in [5.74, 6) is -0.281. The van der Waals surface area contributed by atoms with Crippen LogP contribution in [0.2, 0.25) is 0 Å². The van der Waals surface area contributed by atoms with Gasteiger partial charge in [-0.2, -0.15) is 0 Å².